The first-order chi connectivity index (χ1) is 10.9. The van der Waals surface area contributed by atoms with Gasteiger partial charge in [-0.1, -0.05) is 0 Å². The van der Waals surface area contributed by atoms with Crippen molar-refractivity contribution in [3.05, 3.63) is 40.5 Å². The molecule has 0 saturated carbocycles. The van der Waals surface area contributed by atoms with Gasteiger partial charge in [-0.05, 0) is 50.6 Å². The van der Waals surface area contributed by atoms with E-state index >= 15 is 0 Å². The van der Waals surface area contributed by atoms with Crippen molar-refractivity contribution in [1.82, 2.24) is 9.97 Å². The van der Waals surface area contributed by atoms with Crippen molar-refractivity contribution in [2.75, 3.05) is 5.32 Å². The first-order valence-electron chi connectivity index (χ1n) is 7.24. The van der Waals surface area contributed by atoms with Crippen LogP contribution < -0.4 is 10.1 Å². The summed E-state index contributed by atoms with van der Waals surface area (Å²) in [5.74, 6) is 1.82. The van der Waals surface area contributed by atoms with Gasteiger partial charge in [-0.25, -0.2) is 4.98 Å². The van der Waals surface area contributed by atoms with Crippen LogP contribution in [0.4, 0.5) is 5.69 Å². The average Bonchev–Trinajstić information content (AvgIpc) is 2.75. The van der Waals surface area contributed by atoms with Crippen molar-refractivity contribution in [3.63, 3.8) is 0 Å². The van der Waals surface area contributed by atoms with Gasteiger partial charge in [0.15, 0.2) is 0 Å². The Labute approximate surface area is 138 Å². The summed E-state index contributed by atoms with van der Waals surface area (Å²) in [6, 6.07) is 7.22. The van der Waals surface area contributed by atoms with Crippen LogP contribution in [0.5, 0.6) is 11.6 Å². The molecule has 2 heterocycles. The molecule has 2 aromatic heterocycles. The molecule has 0 unspecified atom stereocenters. The third-order valence-corrected chi connectivity index (χ3v) is 4.60. The third-order valence-electron chi connectivity index (χ3n) is 3.50. The number of hydrogen-bond donors (Lipinski definition) is 1. The van der Waals surface area contributed by atoms with Crippen LogP contribution in [0.25, 0.3) is 10.2 Å². The Morgan fingerprint density at radius 1 is 1.13 bits per heavy atom. The molecule has 0 bridgehead atoms. The fraction of sp³-hybridized carbons (Fsp3) is 0.235. The molecule has 0 fully saturated rings. The van der Waals surface area contributed by atoms with Gasteiger partial charge in [0.2, 0.25) is 11.8 Å². The second-order valence-corrected chi connectivity index (χ2v) is 6.55. The molecular formula is C17H17N3O2S. The van der Waals surface area contributed by atoms with Crippen molar-refractivity contribution in [1.29, 1.82) is 0 Å². The van der Waals surface area contributed by atoms with E-state index in [1.54, 1.807) is 23.5 Å². The average molecular weight is 327 g/mol. The van der Waals surface area contributed by atoms with Gasteiger partial charge in [0.05, 0.1) is 5.39 Å². The molecule has 0 spiro atoms. The maximum atomic E-state index is 11.1. The third kappa shape index (κ3) is 3.17. The maximum Gasteiger partial charge on any atom is 0.231 e. The number of ether oxygens (including phenoxy) is 1. The van der Waals surface area contributed by atoms with E-state index in [9.17, 15) is 4.79 Å². The van der Waals surface area contributed by atoms with Gasteiger partial charge in [-0.15, -0.1) is 11.3 Å². The molecule has 6 heteroatoms. The van der Waals surface area contributed by atoms with Crippen molar-refractivity contribution in [3.8, 4) is 11.6 Å². The minimum absolute atomic E-state index is 0.101. The van der Waals surface area contributed by atoms with E-state index < -0.39 is 0 Å². The Morgan fingerprint density at radius 2 is 1.83 bits per heavy atom. The van der Waals surface area contributed by atoms with Crippen molar-refractivity contribution in [2.45, 2.75) is 27.7 Å². The summed E-state index contributed by atoms with van der Waals surface area (Å²) in [5, 5.41) is 3.69. The highest BCUT2D eigenvalue weighted by Gasteiger charge is 2.15. The molecule has 23 heavy (non-hydrogen) atoms. The molecule has 0 saturated heterocycles. The molecule has 0 aliphatic rings. The highest BCUT2D eigenvalue weighted by Crippen LogP contribution is 2.36. The van der Waals surface area contributed by atoms with Crippen molar-refractivity contribution < 1.29 is 9.53 Å². The van der Waals surface area contributed by atoms with E-state index in [0.29, 0.717) is 17.5 Å². The summed E-state index contributed by atoms with van der Waals surface area (Å²) >= 11 is 1.65. The molecular weight excluding hydrogens is 310 g/mol. The Balaban J connectivity index is 1.96. The number of amides is 1. The van der Waals surface area contributed by atoms with Crippen LogP contribution in [0.3, 0.4) is 0 Å². The van der Waals surface area contributed by atoms with E-state index in [-0.39, 0.29) is 5.91 Å². The number of anilines is 1. The van der Waals surface area contributed by atoms with Crippen molar-refractivity contribution in [2.24, 2.45) is 0 Å². The number of carbonyl (C=O) groups is 1. The Morgan fingerprint density at radius 3 is 2.48 bits per heavy atom. The smallest absolute Gasteiger partial charge is 0.231 e. The van der Waals surface area contributed by atoms with Crippen LogP contribution in [0.15, 0.2) is 24.3 Å². The number of carbonyl (C=O) groups excluding carboxylic acids is 1. The van der Waals surface area contributed by atoms with E-state index in [4.69, 9.17) is 4.74 Å². The second kappa shape index (κ2) is 5.96. The Bertz CT molecular complexity index is 885. The van der Waals surface area contributed by atoms with Gasteiger partial charge in [-0.2, -0.15) is 4.98 Å². The van der Waals surface area contributed by atoms with Crippen LogP contribution in [-0.4, -0.2) is 15.9 Å². The normalized spacial score (nSPS) is 10.8. The molecule has 0 radical (unpaired) electrons. The molecule has 1 aromatic carbocycles. The lowest BCUT2D eigenvalue weighted by Gasteiger charge is -2.08. The highest BCUT2D eigenvalue weighted by molar-refractivity contribution is 7.18. The molecule has 3 aromatic rings. The van der Waals surface area contributed by atoms with Crippen LogP contribution >= 0.6 is 11.3 Å². The fourth-order valence-electron chi connectivity index (χ4n) is 2.31. The number of thiophene rings is 1. The Hall–Kier alpha value is -2.47. The fourth-order valence-corrected chi connectivity index (χ4v) is 3.37. The molecule has 0 atom stereocenters. The van der Waals surface area contributed by atoms with Crippen LogP contribution in [-0.2, 0) is 4.79 Å². The second-order valence-electron chi connectivity index (χ2n) is 5.35. The lowest BCUT2D eigenvalue weighted by atomic mass is 10.2. The molecule has 0 aliphatic heterocycles. The van der Waals surface area contributed by atoms with Crippen LogP contribution in [0.1, 0.15) is 23.2 Å². The van der Waals surface area contributed by atoms with Gasteiger partial charge < -0.3 is 10.1 Å². The topological polar surface area (TPSA) is 64.1 Å². The summed E-state index contributed by atoms with van der Waals surface area (Å²) in [7, 11) is 0. The molecule has 0 aliphatic carbocycles. The highest BCUT2D eigenvalue weighted by atomic mass is 32.1. The summed E-state index contributed by atoms with van der Waals surface area (Å²) < 4.78 is 5.97. The zero-order valence-electron chi connectivity index (χ0n) is 13.4. The lowest BCUT2D eigenvalue weighted by molar-refractivity contribution is -0.114. The molecule has 1 N–H and O–H groups in total. The van der Waals surface area contributed by atoms with Gasteiger partial charge in [0, 0.05) is 17.5 Å². The van der Waals surface area contributed by atoms with Gasteiger partial charge in [0.25, 0.3) is 0 Å². The number of nitrogens with one attached hydrogen (secondary N) is 1. The van der Waals surface area contributed by atoms with E-state index in [2.05, 4.69) is 29.1 Å². The number of rotatable bonds is 3. The van der Waals surface area contributed by atoms with Crippen LogP contribution in [0, 0.1) is 20.8 Å². The molecule has 118 valence electrons. The first-order valence-corrected chi connectivity index (χ1v) is 8.05. The number of nitrogens with zero attached hydrogens (tertiary/aromatic N) is 2. The predicted molar refractivity (Wildman–Crippen MR) is 92.4 cm³/mol. The van der Waals surface area contributed by atoms with Gasteiger partial charge >= 0.3 is 0 Å². The number of aryl methyl sites for hydroxylation is 3. The largest absolute Gasteiger partial charge is 0.438 e. The summed E-state index contributed by atoms with van der Waals surface area (Å²) in [4.78, 5) is 22.1. The summed E-state index contributed by atoms with van der Waals surface area (Å²) in [5.41, 5.74) is 1.88. The SMILES string of the molecule is CC(=O)Nc1ccc(Oc2nc(C)nc3sc(C)c(C)c23)cc1. The van der Waals surface area contributed by atoms with Gasteiger partial charge in [-0.3, -0.25) is 4.79 Å². The minimum atomic E-state index is -0.101. The molecule has 3 rings (SSSR count). The summed E-state index contributed by atoms with van der Waals surface area (Å²) in [6.45, 7) is 7.46. The maximum absolute atomic E-state index is 11.1. The predicted octanol–water partition coefficient (Wildman–Crippen LogP) is 4.37. The van der Waals surface area contributed by atoms with Crippen molar-refractivity contribution >= 4 is 33.1 Å². The van der Waals surface area contributed by atoms with E-state index in [1.165, 1.54) is 11.8 Å². The van der Waals surface area contributed by atoms with Gasteiger partial charge in [0.1, 0.15) is 16.4 Å². The summed E-state index contributed by atoms with van der Waals surface area (Å²) in [6.07, 6.45) is 0. The zero-order valence-corrected chi connectivity index (χ0v) is 14.2. The standard InChI is InChI=1S/C17H17N3O2S/c1-9-10(2)23-17-15(9)16(18-11(3)19-17)22-14-7-5-13(6-8-14)20-12(4)21/h5-8H,1-4H3,(H,20,21). The number of benzene rings is 1. The quantitative estimate of drug-likeness (QED) is 0.776. The van der Waals surface area contributed by atoms with E-state index in [0.717, 1.165) is 21.5 Å². The Kier molecular flexibility index (Phi) is 4.00. The molecule has 5 nitrogen and oxygen atoms in total. The lowest BCUT2D eigenvalue weighted by Crippen LogP contribution is -2.05. The van der Waals surface area contributed by atoms with Crippen LogP contribution in [0.2, 0.25) is 0 Å². The number of hydrogen-bond acceptors (Lipinski definition) is 5. The zero-order chi connectivity index (χ0) is 16.6. The van der Waals surface area contributed by atoms with E-state index in [1.807, 2.05) is 19.1 Å². The first kappa shape index (κ1) is 15.4. The number of fused-ring (bicyclic) bond motifs is 1. The monoisotopic (exact) mass is 327 g/mol. The minimum Gasteiger partial charge on any atom is -0.438 e. The molecule has 1 amide bonds. The number of aromatic nitrogens is 2.